The monoisotopic (exact) mass is 210 g/mol. The first-order chi connectivity index (χ1) is 7.22. The number of ether oxygens (including phenoxy) is 1. The molecule has 15 heavy (non-hydrogen) atoms. The lowest BCUT2D eigenvalue weighted by molar-refractivity contribution is -0.136. The zero-order valence-corrected chi connectivity index (χ0v) is 8.95. The SMILES string of the molecule is COCC(=O)N1CCc2onc(C)c2C1. The van der Waals surface area contributed by atoms with Gasteiger partial charge in [0.1, 0.15) is 12.4 Å². The Bertz CT molecular complexity index is 373. The van der Waals surface area contributed by atoms with E-state index in [1.54, 1.807) is 4.90 Å². The van der Waals surface area contributed by atoms with Crippen LogP contribution in [0.3, 0.4) is 0 Å². The van der Waals surface area contributed by atoms with Crippen LogP contribution in [0.1, 0.15) is 17.0 Å². The van der Waals surface area contributed by atoms with E-state index in [1.165, 1.54) is 7.11 Å². The Hall–Kier alpha value is -1.36. The second kappa shape index (κ2) is 4.02. The number of methoxy groups -OCH3 is 1. The van der Waals surface area contributed by atoms with E-state index in [1.807, 2.05) is 6.92 Å². The van der Waals surface area contributed by atoms with Crippen molar-refractivity contribution in [3.8, 4) is 0 Å². The Morgan fingerprint density at radius 3 is 3.20 bits per heavy atom. The largest absolute Gasteiger partial charge is 0.375 e. The lowest BCUT2D eigenvalue weighted by atomic mass is 10.1. The van der Waals surface area contributed by atoms with Crippen molar-refractivity contribution < 1.29 is 14.1 Å². The lowest BCUT2D eigenvalue weighted by Crippen LogP contribution is -2.37. The predicted octanol–water partition coefficient (Wildman–Crippen LogP) is 0.514. The molecular formula is C10H14N2O3. The number of fused-ring (bicyclic) bond motifs is 1. The molecule has 2 heterocycles. The van der Waals surface area contributed by atoms with E-state index in [2.05, 4.69) is 5.16 Å². The molecule has 1 aromatic heterocycles. The summed E-state index contributed by atoms with van der Waals surface area (Å²) in [6.07, 6.45) is 0.742. The quantitative estimate of drug-likeness (QED) is 0.713. The van der Waals surface area contributed by atoms with Crippen molar-refractivity contribution in [2.24, 2.45) is 0 Å². The van der Waals surface area contributed by atoms with Gasteiger partial charge in [-0.15, -0.1) is 0 Å². The molecule has 1 aliphatic rings. The average molecular weight is 210 g/mol. The van der Waals surface area contributed by atoms with Crippen molar-refractivity contribution in [2.45, 2.75) is 19.9 Å². The van der Waals surface area contributed by atoms with Crippen LogP contribution >= 0.6 is 0 Å². The molecule has 1 amide bonds. The number of rotatable bonds is 2. The van der Waals surface area contributed by atoms with Crippen molar-refractivity contribution in [3.05, 3.63) is 17.0 Å². The summed E-state index contributed by atoms with van der Waals surface area (Å²) < 4.78 is 9.98. The van der Waals surface area contributed by atoms with Crippen LogP contribution in [-0.4, -0.2) is 36.2 Å². The molecule has 0 saturated carbocycles. The van der Waals surface area contributed by atoms with Crippen LogP contribution in [0.5, 0.6) is 0 Å². The maximum Gasteiger partial charge on any atom is 0.248 e. The summed E-state index contributed by atoms with van der Waals surface area (Å²) in [4.78, 5) is 13.4. The van der Waals surface area contributed by atoms with Gasteiger partial charge in [0.05, 0.1) is 12.2 Å². The molecule has 0 fully saturated rings. The van der Waals surface area contributed by atoms with Crippen molar-refractivity contribution >= 4 is 5.91 Å². The van der Waals surface area contributed by atoms with Gasteiger partial charge in [-0.25, -0.2) is 0 Å². The van der Waals surface area contributed by atoms with Crippen molar-refractivity contribution in [3.63, 3.8) is 0 Å². The van der Waals surface area contributed by atoms with Gasteiger partial charge in [-0.05, 0) is 6.92 Å². The maximum absolute atomic E-state index is 11.6. The van der Waals surface area contributed by atoms with E-state index < -0.39 is 0 Å². The highest BCUT2D eigenvalue weighted by Crippen LogP contribution is 2.21. The number of nitrogens with zero attached hydrogens (tertiary/aromatic N) is 2. The molecule has 0 saturated heterocycles. The molecule has 0 radical (unpaired) electrons. The molecule has 0 spiro atoms. The smallest absolute Gasteiger partial charge is 0.248 e. The number of amides is 1. The van der Waals surface area contributed by atoms with Gasteiger partial charge in [0, 0.05) is 25.6 Å². The minimum absolute atomic E-state index is 0.0174. The van der Waals surface area contributed by atoms with Crippen LogP contribution < -0.4 is 0 Å². The third-order valence-electron chi connectivity index (χ3n) is 2.64. The molecule has 0 aromatic carbocycles. The number of hydrogen-bond acceptors (Lipinski definition) is 4. The summed E-state index contributed by atoms with van der Waals surface area (Å²) in [5.41, 5.74) is 1.92. The molecule has 1 aromatic rings. The molecule has 0 aliphatic carbocycles. The first-order valence-electron chi connectivity index (χ1n) is 4.93. The third-order valence-corrected chi connectivity index (χ3v) is 2.64. The number of hydrogen-bond donors (Lipinski definition) is 0. The molecule has 5 nitrogen and oxygen atoms in total. The standard InChI is InChI=1S/C10H14N2O3/c1-7-8-5-12(10(13)6-14-2)4-3-9(8)15-11-7/h3-6H2,1-2H3. The molecular weight excluding hydrogens is 196 g/mol. The van der Waals surface area contributed by atoms with Crippen molar-refractivity contribution in [2.75, 3.05) is 20.3 Å². The average Bonchev–Trinajstić information content (AvgIpc) is 2.60. The summed E-state index contributed by atoms with van der Waals surface area (Å²) in [7, 11) is 1.53. The highest BCUT2D eigenvalue weighted by Gasteiger charge is 2.25. The topological polar surface area (TPSA) is 55.6 Å². The van der Waals surface area contributed by atoms with Crippen LogP contribution in [0.2, 0.25) is 0 Å². The van der Waals surface area contributed by atoms with Gasteiger partial charge in [0.15, 0.2) is 0 Å². The Balaban J connectivity index is 2.11. The van der Waals surface area contributed by atoms with Crippen LogP contribution in [0.4, 0.5) is 0 Å². The van der Waals surface area contributed by atoms with Gasteiger partial charge in [-0.2, -0.15) is 0 Å². The Morgan fingerprint density at radius 1 is 1.67 bits per heavy atom. The van der Waals surface area contributed by atoms with Crippen LogP contribution in [0.25, 0.3) is 0 Å². The zero-order valence-electron chi connectivity index (χ0n) is 8.95. The molecule has 82 valence electrons. The zero-order chi connectivity index (χ0) is 10.8. The van der Waals surface area contributed by atoms with Crippen LogP contribution in [0.15, 0.2) is 4.52 Å². The van der Waals surface area contributed by atoms with Crippen LogP contribution in [-0.2, 0) is 22.5 Å². The summed E-state index contributed by atoms with van der Waals surface area (Å²) >= 11 is 0. The molecule has 0 bridgehead atoms. The van der Waals surface area contributed by atoms with Gasteiger partial charge < -0.3 is 14.2 Å². The summed E-state index contributed by atoms with van der Waals surface area (Å²) in [5.74, 6) is 0.928. The number of carbonyl (C=O) groups excluding carboxylic acids is 1. The predicted molar refractivity (Wildman–Crippen MR) is 52.2 cm³/mol. The first kappa shape index (κ1) is 10.2. The van der Waals surface area contributed by atoms with Gasteiger partial charge in [0.25, 0.3) is 0 Å². The fraction of sp³-hybridized carbons (Fsp3) is 0.600. The van der Waals surface area contributed by atoms with Crippen molar-refractivity contribution in [1.29, 1.82) is 0 Å². The summed E-state index contributed by atoms with van der Waals surface area (Å²) in [6, 6.07) is 0. The van der Waals surface area contributed by atoms with Crippen LogP contribution in [0, 0.1) is 6.92 Å². The number of carbonyl (C=O) groups is 1. The van der Waals surface area contributed by atoms with Gasteiger partial charge in [0.2, 0.25) is 5.91 Å². The Kier molecular flexibility index (Phi) is 2.73. The third kappa shape index (κ3) is 1.87. The molecule has 0 unspecified atom stereocenters. The van der Waals surface area contributed by atoms with Crippen molar-refractivity contribution in [1.82, 2.24) is 10.1 Å². The van der Waals surface area contributed by atoms with E-state index in [-0.39, 0.29) is 12.5 Å². The lowest BCUT2D eigenvalue weighted by Gasteiger charge is -2.25. The van der Waals surface area contributed by atoms with Gasteiger partial charge in [-0.1, -0.05) is 5.16 Å². The maximum atomic E-state index is 11.6. The minimum atomic E-state index is 0.0174. The second-order valence-corrected chi connectivity index (χ2v) is 3.67. The van der Waals surface area contributed by atoms with Gasteiger partial charge in [-0.3, -0.25) is 4.79 Å². The molecule has 1 aliphatic heterocycles. The second-order valence-electron chi connectivity index (χ2n) is 3.67. The number of aryl methyl sites for hydroxylation is 1. The normalized spacial score (nSPS) is 15.2. The molecule has 0 atom stereocenters. The number of aromatic nitrogens is 1. The highest BCUT2D eigenvalue weighted by molar-refractivity contribution is 5.77. The minimum Gasteiger partial charge on any atom is -0.375 e. The summed E-state index contributed by atoms with van der Waals surface area (Å²) in [6.45, 7) is 3.31. The molecule has 5 heteroatoms. The Labute approximate surface area is 88.0 Å². The first-order valence-corrected chi connectivity index (χ1v) is 4.93. The van der Waals surface area contributed by atoms with E-state index in [9.17, 15) is 4.79 Å². The fourth-order valence-electron chi connectivity index (χ4n) is 1.77. The van der Waals surface area contributed by atoms with E-state index in [0.717, 1.165) is 23.4 Å². The Morgan fingerprint density at radius 2 is 2.47 bits per heavy atom. The van der Waals surface area contributed by atoms with E-state index >= 15 is 0 Å². The fourth-order valence-corrected chi connectivity index (χ4v) is 1.77. The summed E-state index contributed by atoms with van der Waals surface area (Å²) in [5, 5.41) is 3.89. The van der Waals surface area contributed by atoms with E-state index in [0.29, 0.717) is 13.1 Å². The molecule has 2 rings (SSSR count). The highest BCUT2D eigenvalue weighted by atomic mass is 16.5. The van der Waals surface area contributed by atoms with E-state index in [4.69, 9.17) is 9.26 Å². The molecule has 0 N–H and O–H groups in total. The van der Waals surface area contributed by atoms with Gasteiger partial charge >= 0.3 is 0 Å².